The van der Waals surface area contributed by atoms with Crippen molar-refractivity contribution in [2.24, 2.45) is 0 Å². The normalized spacial score (nSPS) is 10.7. The van der Waals surface area contributed by atoms with Crippen LogP contribution in [0.3, 0.4) is 0 Å². The van der Waals surface area contributed by atoms with Crippen molar-refractivity contribution >= 4 is 22.9 Å². The molecule has 0 bridgehead atoms. The summed E-state index contributed by atoms with van der Waals surface area (Å²) in [6.07, 6.45) is 1.19. The Morgan fingerprint density at radius 1 is 1.29 bits per heavy atom. The van der Waals surface area contributed by atoms with Crippen LogP contribution < -0.4 is 10.6 Å². The summed E-state index contributed by atoms with van der Waals surface area (Å²) in [5, 5.41) is 9.59. The Kier molecular flexibility index (Phi) is 6.19. The molecule has 1 aromatic rings. The van der Waals surface area contributed by atoms with Gasteiger partial charge in [0.25, 0.3) is 0 Å². The van der Waals surface area contributed by atoms with Crippen LogP contribution >= 0.6 is 22.9 Å². The molecule has 0 aliphatic heterocycles. The number of halogens is 1. The van der Waals surface area contributed by atoms with Gasteiger partial charge in [0.05, 0.1) is 5.02 Å². The maximum absolute atomic E-state index is 5.96. The van der Waals surface area contributed by atoms with E-state index in [1.165, 1.54) is 11.3 Å². The average molecular weight is 233 g/mol. The van der Waals surface area contributed by atoms with Crippen LogP contribution in [-0.4, -0.2) is 19.6 Å². The molecule has 0 saturated heterocycles. The number of nitrogens with one attached hydrogen (secondary N) is 2. The van der Waals surface area contributed by atoms with E-state index in [0.717, 1.165) is 31.2 Å². The van der Waals surface area contributed by atoms with Gasteiger partial charge in [-0.1, -0.05) is 18.5 Å². The second kappa shape index (κ2) is 7.23. The van der Waals surface area contributed by atoms with E-state index >= 15 is 0 Å². The molecule has 0 unspecified atom stereocenters. The molecule has 1 heterocycles. The van der Waals surface area contributed by atoms with Crippen molar-refractivity contribution < 1.29 is 0 Å². The fourth-order valence-electron chi connectivity index (χ4n) is 1.13. The van der Waals surface area contributed by atoms with Crippen LogP contribution in [0.2, 0.25) is 5.02 Å². The van der Waals surface area contributed by atoms with Gasteiger partial charge in [-0.3, -0.25) is 0 Å². The number of rotatable bonds is 7. The lowest BCUT2D eigenvalue weighted by Crippen LogP contribution is -2.27. The van der Waals surface area contributed by atoms with E-state index < -0.39 is 0 Å². The molecule has 0 aliphatic carbocycles. The lowest BCUT2D eigenvalue weighted by molar-refractivity contribution is 0.609. The van der Waals surface area contributed by atoms with Gasteiger partial charge < -0.3 is 10.6 Å². The first-order valence-corrected chi connectivity index (χ1v) is 6.23. The average Bonchev–Trinajstić information content (AvgIpc) is 2.58. The molecule has 0 aliphatic rings. The van der Waals surface area contributed by atoms with Crippen molar-refractivity contribution in [3.05, 3.63) is 21.3 Å². The molecule has 0 radical (unpaired) electrons. The van der Waals surface area contributed by atoms with Gasteiger partial charge in [0.15, 0.2) is 0 Å². The quantitative estimate of drug-likeness (QED) is 0.706. The molecule has 1 rings (SSSR count). The van der Waals surface area contributed by atoms with Crippen molar-refractivity contribution in [1.29, 1.82) is 0 Å². The molecule has 2 N–H and O–H groups in total. The first-order chi connectivity index (χ1) is 6.84. The highest BCUT2D eigenvalue weighted by molar-refractivity contribution is 7.10. The van der Waals surface area contributed by atoms with Gasteiger partial charge in [-0.15, -0.1) is 11.3 Å². The summed E-state index contributed by atoms with van der Waals surface area (Å²) in [6, 6.07) is 1.94. The maximum Gasteiger partial charge on any atom is 0.0558 e. The van der Waals surface area contributed by atoms with E-state index in [2.05, 4.69) is 17.6 Å². The Bertz CT molecular complexity index is 250. The zero-order chi connectivity index (χ0) is 10.2. The highest BCUT2D eigenvalue weighted by atomic mass is 35.5. The number of hydrogen-bond acceptors (Lipinski definition) is 3. The Morgan fingerprint density at radius 2 is 2.07 bits per heavy atom. The van der Waals surface area contributed by atoms with Crippen LogP contribution in [0.15, 0.2) is 11.4 Å². The lowest BCUT2D eigenvalue weighted by atomic mass is 10.4. The third kappa shape index (κ3) is 4.42. The van der Waals surface area contributed by atoms with Crippen LogP contribution in [0.1, 0.15) is 18.2 Å². The second-order valence-corrected chi connectivity index (χ2v) is 4.53. The molecule has 0 fully saturated rings. The summed E-state index contributed by atoms with van der Waals surface area (Å²) in [5.74, 6) is 0. The molecule has 14 heavy (non-hydrogen) atoms. The van der Waals surface area contributed by atoms with Crippen molar-refractivity contribution in [2.45, 2.75) is 19.9 Å². The summed E-state index contributed by atoms with van der Waals surface area (Å²) < 4.78 is 0. The lowest BCUT2D eigenvalue weighted by Gasteiger charge is -2.04. The molecule has 4 heteroatoms. The molecule has 2 nitrogen and oxygen atoms in total. The van der Waals surface area contributed by atoms with Crippen LogP contribution in [-0.2, 0) is 6.54 Å². The standard InChI is InChI=1S/C10H17ClN2S/c1-2-4-12-5-6-13-8-10-9(11)3-7-14-10/h3,7,12-13H,2,4-6,8H2,1H3. The van der Waals surface area contributed by atoms with Gasteiger partial charge in [0.2, 0.25) is 0 Å². The van der Waals surface area contributed by atoms with Crippen molar-refractivity contribution in [2.75, 3.05) is 19.6 Å². The second-order valence-electron chi connectivity index (χ2n) is 3.12. The first-order valence-electron chi connectivity index (χ1n) is 4.98. The Labute approximate surface area is 94.7 Å². The molecule has 1 aromatic heterocycles. The molecule has 80 valence electrons. The molecule has 0 atom stereocenters. The highest BCUT2D eigenvalue weighted by Crippen LogP contribution is 2.21. The Morgan fingerprint density at radius 3 is 2.71 bits per heavy atom. The highest BCUT2D eigenvalue weighted by Gasteiger charge is 1.99. The topological polar surface area (TPSA) is 24.1 Å². The zero-order valence-electron chi connectivity index (χ0n) is 8.48. The Hall–Kier alpha value is -0.0900. The largest absolute Gasteiger partial charge is 0.315 e. The van der Waals surface area contributed by atoms with Crippen molar-refractivity contribution in [1.82, 2.24) is 10.6 Å². The van der Waals surface area contributed by atoms with E-state index in [-0.39, 0.29) is 0 Å². The molecule has 0 amide bonds. The number of hydrogen-bond donors (Lipinski definition) is 2. The monoisotopic (exact) mass is 232 g/mol. The van der Waals surface area contributed by atoms with Gasteiger partial charge in [-0.25, -0.2) is 0 Å². The van der Waals surface area contributed by atoms with Gasteiger partial charge in [-0.05, 0) is 24.4 Å². The van der Waals surface area contributed by atoms with Crippen LogP contribution in [0.5, 0.6) is 0 Å². The molecule has 0 saturated carbocycles. The fraction of sp³-hybridized carbons (Fsp3) is 0.600. The first kappa shape index (κ1) is 12.0. The molecule has 0 aromatic carbocycles. The summed E-state index contributed by atoms with van der Waals surface area (Å²) in [4.78, 5) is 1.22. The third-order valence-corrected chi connectivity index (χ3v) is 3.27. The maximum atomic E-state index is 5.96. The van der Waals surface area contributed by atoms with E-state index in [1.807, 2.05) is 11.4 Å². The van der Waals surface area contributed by atoms with Gasteiger partial charge in [-0.2, -0.15) is 0 Å². The van der Waals surface area contributed by atoms with Gasteiger partial charge >= 0.3 is 0 Å². The minimum absolute atomic E-state index is 0.879. The third-order valence-electron chi connectivity index (χ3n) is 1.88. The predicted molar refractivity (Wildman–Crippen MR) is 64.2 cm³/mol. The molecular formula is C10H17ClN2S. The fourth-order valence-corrected chi connectivity index (χ4v) is 2.20. The van der Waals surface area contributed by atoms with Gasteiger partial charge in [0.1, 0.15) is 0 Å². The summed E-state index contributed by atoms with van der Waals surface area (Å²) in [7, 11) is 0. The summed E-state index contributed by atoms with van der Waals surface area (Å²) in [5.41, 5.74) is 0. The van der Waals surface area contributed by atoms with Crippen molar-refractivity contribution in [3.8, 4) is 0 Å². The van der Waals surface area contributed by atoms with E-state index in [4.69, 9.17) is 11.6 Å². The molecule has 0 spiro atoms. The van der Waals surface area contributed by atoms with E-state index in [0.29, 0.717) is 0 Å². The van der Waals surface area contributed by atoms with Crippen LogP contribution in [0.25, 0.3) is 0 Å². The van der Waals surface area contributed by atoms with Gasteiger partial charge in [0, 0.05) is 24.5 Å². The minimum Gasteiger partial charge on any atom is -0.315 e. The zero-order valence-corrected chi connectivity index (χ0v) is 10.0. The minimum atomic E-state index is 0.879. The smallest absolute Gasteiger partial charge is 0.0558 e. The predicted octanol–water partition coefficient (Wildman–Crippen LogP) is 2.49. The SMILES string of the molecule is CCCNCCNCc1sccc1Cl. The van der Waals surface area contributed by atoms with E-state index in [9.17, 15) is 0 Å². The number of thiophene rings is 1. The van der Waals surface area contributed by atoms with Crippen LogP contribution in [0, 0.1) is 0 Å². The van der Waals surface area contributed by atoms with E-state index in [1.54, 1.807) is 11.3 Å². The summed E-state index contributed by atoms with van der Waals surface area (Å²) in [6.45, 7) is 6.17. The van der Waals surface area contributed by atoms with Crippen LogP contribution in [0.4, 0.5) is 0 Å². The molecular weight excluding hydrogens is 216 g/mol. The van der Waals surface area contributed by atoms with Crippen molar-refractivity contribution in [3.63, 3.8) is 0 Å². The Balaban J connectivity index is 2.02. The summed E-state index contributed by atoms with van der Waals surface area (Å²) >= 11 is 7.66.